The third kappa shape index (κ3) is 5.65. The minimum atomic E-state index is -3.72. The topological polar surface area (TPSA) is 111 Å². The predicted molar refractivity (Wildman–Crippen MR) is 149 cm³/mol. The summed E-state index contributed by atoms with van der Waals surface area (Å²) < 4.78 is 47.9. The van der Waals surface area contributed by atoms with Gasteiger partial charge >= 0.3 is 0 Å². The Morgan fingerprint density at radius 3 is 2.56 bits per heavy atom. The van der Waals surface area contributed by atoms with Crippen molar-refractivity contribution in [3.63, 3.8) is 0 Å². The van der Waals surface area contributed by atoms with Crippen LogP contribution >= 0.6 is 0 Å². The molecule has 0 atom stereocenters. The van der Waals surface area contributed by atoms with Crippen LogP contribution in [0.15, 0.2) is 30.3 Å². The van der Waals surface area contributed by atoms with Gasteiger partial charge in [0.25, 0.3) is 5.91 Å². The number of amides is 1. The van der Waals surface area contributed by atoms with Crippen LogP contribution in [-0.2, 0) is 10.0 Å². The van der Waals surface area contributed by atoms with Gasteiger partial charge in [0.2, 0.25) is 10.0 Å². The minimum Gasteiger partial charge on any atom is -0.487 e. The van der Waals surface area contributed by atoms with Crippen LogP contribution < -0.4 is 24.6 Å². The molecule has 210 valence electrons. The maximum absolute atomic E-state index is 14.9. The van der Waals surface area contributed by atoms with Gasteiger partial charge in [-0.3, -0.25) is 9.52 Å². The zero-order chi connectivity index (χ0) is 27.2. The summed E-state index contributed by atoms with van der Waals surface area (Å²) >= 11 is 0. The molecule has 2 saturated carbocycles. The molecule has 1 amide bonds. The molecule has 3 fully saturated rings. The first-order chi connectivity index (χ1) is 18.8. The zero-order valence-corrected chi connectivity index (χ0v) is 22.7. The molecule has 39 heavy (non-hydrogen) atoms. The summed E-state index contributed by atoms with van der Waals surface area (Å²) in [4.78, 5) is 17.8. The second kappa shape index (κ2) is 10.2. The number of sulfonamides is 1. The highest BCUT2D eigenvalue weighted by atomic mass is 32.2. The van der Waals surface area contributed by atoms with Crippen LogP contribution in [0.4, 0.5) is 27.1 Å². The smallest absolute Gasteiger partial charge is 0.257 e. The monoisotopic (exact) mass is 558 g/mol. The van der Waals surface area contributed by atoms with Gasteiger partial charge in [-0.25, -0.2) is 12.8 Å². The largest absolute Gasteiger partial charge is 0.487 e. The standard InChI is InChI=1S/C28H35FN4O5S/c29-22-5-6-23(26-25(22)33(13-15-38-26)18-19-1-2-19)30-27(35)21-4-3-20(31-39(36,37)16-14-34)17-24(21)32-11-9-28(7-8-28)10-12-32/h3-6,17,19,31,34H,1-2,7-16,18H2,(H,30,35). The Kier molecular flexibility index (Phi) is 6.83. The van der Waals surface area contributed by atoms with Gasteiger partial charge in [0.05, 0.1) is 41.5 Å². The van der Waals surface area contributed by atoms with Gasteiger partial charge in [-0.1, -0.05) is 0 Å². The predicted octanol–water partition coefficient (Wildman–Crippen LogP) is 3.80. The van der Waals surface area contributed by atoms with E-state index in [0.29, 0.717) is 58.5 Å². The lowest BCUT2D eigenvalue weighted by atomic mass is 9.93. The van der Waals surface area contributed by atoms with Crippen molar-refractivity contribution in [2.75, 3.05) is 65.0 Å². The summed E-state index contributed by atoms with van der Waals surface area (Å²) in [7, 11) is -3.72. The van der Waals surface area contributed by atoms with Crippen LogP contribution in [0.5, 0.6) is 5.75 Å². The van der Waals surface area contributed by atoms with E-state index in [9.17, 15) is 17.6 Å². The summed E-state index contributed by atoms with van der Waals surface area (Å²) in [5, 5.41) is 12.0. The fraction of sp³-hybridized carbons (Fsp3) is 0.536. The van der Waals surface area contributed by atoms with Crippen molar-refractivity contribution in [3.05, 3.63) is 41.7 Å². The number of benzene rings is 2. The third-order valence-corrected chi connectivity index (χ3v) is 9.69. The zero-order valence-electron chi connectivity index (χ0n) is 21.9. The highest BCUT2D eigenvalue weighted by Gasteiger charge is 2.44. The Hall–Kier alpha value is -3.05. The van der Waals surface area contributed by atoms with Crippen LogP contribution in [0, 0.1) is 17.2 Å². The number of rotatable bonds is 9. The Bertz CT molecular complexity index is 1370. The molecule has 2 aliphatic heterocycles. The fourth-order valence-electron chi connectivity index (χ4n) is 5.74. The van der Waals surface area contributed by atoms with E-state index in [2.05, 4.69) is 14.9 Å². The van der Waals surface area contributed by atoms with E-state index in [4.69, 9.17) is 9.84 Å². The summed E-state index contributed by atoms with van der Waals surface area (Å²) in [5.41, 5.74) is 2.60. The Labute approximate surface area is 228 Å². The van der Waals surface area contributed by atoms with Crippen molar-refractivity contribution >= 4 is 38.7 Å². The van der Waals surface area contributed by atoms with Gasteiger partial charge in [0.1, 0.15) is 18.1 Å². The van der Waals surface area contributed by atoms with Crippen LogP contribution in [0.3, 0.4) is 0 Å². The Morgan fingerprint density at radius 1 is 1.10 bits per heavy atom. The molecule has 2 aromatic carbocycles. The quantitative estimate of drug-likeness (QED) is 0.429. The highest BCUT2D eigenvalue weighted by molar-refractivity contribution is 7.92. The van der Waals surface area contributed by atoms with E-state index < -0.39 is 22.4 Å². The first-order valence-electron chi connectivity index (χ1n) is 13.8. The molecule has 9 nitrogen and oxygen atoms in total. The summed E-state index contributed by atoms with van der Waals surface area (Å²) in [6, 6.07) is 7.74. The van der Waals surface area contributed by atoms with E-state index in [1.165, 1.54) is 25.0 Å². The molecule has 3 N–H and O–H groups in total. The summed E-state index contributed by atoms with van der Waals surface area (Å²) in [5.74, 6) is -0.240. The van der Waals surface area contributed by atoms with Crippen molar-refractivity contribution < 1.29 is 27.4 Å². The SMILES string of the molecule is O=C(Nc1ccc(F)c2c1OCCN2CC1CC1)c1ccc(NS(=O)(=O)CCO)cc1N1CCC2(CC1)CC2. The summed E-state index contributed by atoms with van der Waals surface area (Å²) in [6.45, 7) is 2.86. The normalized spacial score (nSPS) is 19.8. The second-order valence-electron chi connectivity index (χ2n) is 11.3. The van der Waals surface area contributed by atoms with Crippen molar-refractivity contribution in [2.45, 2.75) is 38.5 Å². The molecule has 2 aromatic rings. The van der Waals surface area contributed by atoms with Crippen LogP contribution in [-0.4, -0.2) is 64.6 Å². The van der Waals surface area contributed by atoms with Crippen LogP contribution in [0.2, 0.25) is 0 Å². The molecule has 1 saturated heterocycles. The van der Waals surface area contributed by atoms with Gasteiger partial charge in [-0.05, 0) is 80.2 Å². The number of piperidine rings is 1. The number of fused-ring (bicyclic) bond motifs is 1. The lowest BCUT2D eigenvalue weighted by molar-refractivity contribution is 0.102. The maximum atomic E-state index is 14.9. The van der Waals surface area contributed by atoms with E-state index in [1.807, 2.05) is 4.90 Å². The van der Waals surface area contributed by atoms with E-state index >= 15 is 0 Å². The van der Waals surface area contributed by atoms with Crippen molar-refractivity contribution in [1.29, 1.82) is 0 Å². The number of aliphatic hydroxyl groups excluding tert-OH is 1. The number of ether oxygens (including phenoxy) is 1. The van der Waals surface area contributed by atoms with Crippen molar-refractivity contribution in [3.8, 4) is 5.75 Å². The lowest BCUT2D eigenvalue weighted by Crippen LogP contribution is -2.36. The number of nitrogens with zero attached hydrogens (tertiary/aromatic N) is 2. The third-order valence-electron chi connectivity index (χ3n) is 8.43. The number of carbonyl (C=O) groups is 1. The number of anilines is 4. The molecule has 0 bridgehead atoms. The van der Waals surface area contributed by atoms with Crippen LogP contribution in [0.1, 0.15) is 48.9 Å². The average molecular weight is 559 g/mol. The molecule has 0 unspecified atom stereocenters. The average Bonchev–Trinajstić information content (AvgIpc) is 3.85. The summed E-state index contributed by atoms with van der Waals surface area (Å²) in [6.07, 6.45) is 6.84. The van der Waals surface area contributed by atoms with Crippen LogP contribution in [0.25, 0.3) is 0 Å². The second-order valence-corrected chi connectivity index (χ2v) is 13.2. The van der Waals surface area contributed by atoms with E-state index in [0.717, 1.165) is 45.3 Å². The van der Waals surface area contributed by atoms with Crippen molar-refractivity contribution in [2.24, 2.45) is 11.3 Å². The van der Waals surface area contributed by atoms with Gasteiger partial charge in [-0.2, -0.15) is 0 Å². The highest BCUT2D eigenvalue weighted by Crippen LogP contribution is 2.54. The van der Waals surface area contributed by atoms with Gasteiger partial charge in [0, 0.05) is 19.6 Å². The first-order valence-corrected chi connectivity index (χ1v) is 15.4. The number of hydrogen-bond donors (Lipinski definition) is 3. The Balaban J connectivity index is 1.29. The molecule has 0 aromatic heterocycles. The maximum Gasteiger partial charge on any atom is 0.257 e. The number of halogens is 1. The number of carbonyl (C=O) groups excluding carboxylic acids is 1. The molecular weight excluding hydrogens is 523 g/mol. The van der Waals surface area contributed by atoms with E-state index in [-0.39, 0.29) is 11.7 Å². The van der Waals surface area contributed by atoms with Crippen molar-refractivity contribution in [1.82, 2.24) is 0 Å². The fourth-order valence-corrected chi connectivity index (χ4v) is 6.57. The molecule has 1 spiro atoms. The molecular formula is C28H35FN4O5S. The molecule has 2 aliphatic carbocycles. The first kappa shape index (κ1) is 26.2. The molecule has 6 rings (SSSR count). The van der Waals surface area contributed by atoms with Gasteiger partial charge < -0.3 is 25.0 Å². The molecule has 11 heteroatoms. The molecule has 2 heterocycles. The molecule has 4 aliphatic rings. The van der Waals surface area contributed by atoms with E-state index in [1.54, 1.807) is 18.2 Å². The number of aliphatic hydroxyl groups is 1. The van der Waals surface area contributed by atoms with Gasteiger partial charge in [-0.15, -0.1) is 0 Å². The van der Waals surface area contributed by atoms with Gasteiger partial charge in [0.15, 0.2) is 5.75 Å². The minimum absolute atomic E-state index is 0.333. The number of hydrogen-bond acceptors (Lipinski definition) is 7. The lowest BCUT2D eigenvalue weighted by Gasteiger charge is -2.35. The molecule has 0 radical (unpaired) electrons. The number of nitrogens with one attached hydrogen (secondary N) is 2. The Morgan fingerprint density at radius 2 is 1.87 bits per heavy atom.